The minimum Gasteiger partial charge on any atom is -0.198 e. The summed E-state index contributed by atoms with van der Waals surface area (Å²) in [4.78, 5) is 0. The Morgan fingerprint density at radius 2 is 1.38 bits per heavy atom. The maximum absolute atomic E-state index is 8.78. The Bertz CT molecular complexity index is 204. The number of hydrogen-bond donors (Lipinski definition) is 0. The Kier molecular flexibility index (Phi) is 8.35. The van der Waals surface area contributed by atoms with Crippen molar-refractivity contribution in [3.63, 3.8) is 0 Å². The molecule has 0 spiro atoms. The number of nitriles is 1. The van der Waals surface area contributed by atoms with Crippen LogP contribution in [0.3, 0.4) is 0 Å². The Balaban J connectivity index is 3.78. The topological polar surface area (TPSA) is 23.8 Å². The van der Waals surface area contributed by atoms with E-state index in [9.17, 15) is 0 Å². The lowest BCUT2D eigenvalue weighted by Gasteiger charge is -2.21. The highest BCUT2D eigenvalue weighted by atomic mass is 14.3. The van der Waals surface area contributed by atoms with Gasteiger partial charge in [0.15, 0.2) is 0 Å². The molecule has 4 atom stereocenters. The third kappa shape index (κ3) is 7.74. The fourth-order valence-electron chi connectivity index (χ4n) is 2.83. The minimum atomic E-state index is 0.218. The first-order valence-electron chi connectivity index (χ1n) is 6.89. The first-order chi connectivity index (χ1) is 7.49. The third-order valence-corrected chi connectivity index (χ3v) is 3.37. The number of nitrogens with zero attached hydrogens (tertiary/aromatic N) is 1. The summed E-state index contributed by atoms with van der Waals surface area (Å²) in [5.74, 6) is 2.58. The van der Waals surface area contributed by atoms with Gasteiger partial charge in [0.2, 0.25) is 0 Å². The van der Waals surface area contributed by atoms with Crippen LogP contribution >= 0.6 is 0 Å². The standard InChI is InChI=1S/C15H29N/c1-6-7-12(2)8-13(3)9-14(4)10-15(5)11-16/h12-15H,6-10H2,1-5H3/t12?,13-,14-,15+/m0/s1. The predicted octanol–water partition coefficient (Wildman–Crippen LogP) is 5.02. The molecular weight excluding hydrogens is 194 g/mol. The molecule has 0 amide bonds. The van der Waals surface area contributed by atoms with Crippen LogP contribution in [-0.2, 0) is 0 Å². The highest BCUT2D eigenvalue weighted by Gasteiger charge is 2.14. The largest absolute Gasteiger partial charge is 0.198 e. The van der Waals surface area contributed by atoms with E-state index in [1.807, 2.05) is 6.92 Å². The van der Waals surface area contributed by atoms with E-state index >= 15 is 0 Å². The first-order valence-corrected chi connectivity index (χ1v) is 6.89. The summed E-state index contributed by atoms with van der Waals surface area (Å²) in [5.41, 5.74) is 0. The summed E-state index contributed by atoms with van der Waals surface area (Å²) < 4.78 is 0. The molecule has 1 nitrogen and oxygen atoms in total. The zero-order valence-corrected chi connectivity index (χ0v) is 11.8. The van der Waals surface area contributed by atoms with Crippen LogP contribution < -0.4 is 0 Å². The van der Waals surface area contributed by atoms with E-state index in [0.717, 1.165) is 18.3 Å². The molecule has 0 aliphatic carbocycles. The molecule has 16 heavy (non-hydrogen) atoms. The molecule has 0 heterocycles. The minimum absolute atomic E-state index is 0.218. The third-order valence-electron chi connectivity index (χ3n) is 3.37. The molecule has 94 valence electrons. The van der Waals surface area contributed by atoms with Crippen molar-refractivity contribution in [3.8, 4) is 6.07 Å². The molecule has 0 aromatic carbocycles. The van der Waals surface area contributed by atoms with Gasteiger partial charge in [-0.15, -0.1) is 0 Å². The quantitative estimate of drug-likeness (QED) is 0.566. The fraction of sp³-hybridized carbons (Fsp3) is 0.933. The second kappa shape index (κ2) is 8.62. The van der Waals surface area contributed by atoms with Crippen LogP contribution in [0.2, 0.25) is 0 Å². The molecule has 0 saturated heterocycles. The van der Waals surface area contributed by atoms with Crippen molar-refractivity contribution < 1.29 is 0 Å². The summed E-state index contributed by atoms with van der Waals surface area (Å²) >= 11 is 0. The second-order valence-corrected chi connectivity index (χ2v) is 5.84. The van der Waals surface area contributed by atoms with Gasteiger partial charge in [-0.25, -0.2) is 0 Å². The predicted molar refractivity (Wildman–Crippen MR) is 71.0 cm³/mol. The van der Waals surface area contributed by atoms with Crippen molar-refractivity contribution >= 4 is 0 Å². The van der Waals surface area contributed by atoms with E-state index < -0.39 is 0 Å². The summed E-state index contributed by atoms with van der Waals surface area (Å²) in [7, 11) is 0. The van der Waals surface area contributed by atoms with Gasteiger partial charge >= 0.3 is 0 Å². The van der Waals surface area contributed by atoms with Crippen LogP contribution in [0.1, 0.15) is 66.7 Å². The van der Waals surface area contributed by atoms with E-state index in [2.05, 4.69) is 33.8 Å². The van der Waals surface area contributed by atoms with Gasteiger partial charge in [-0.3, -0.25) is 0 Å². The van der Waals surface area contributed by atoms with E-state index in [4.69, 9.17) is 5.26 Å². The van der Waals surface area contributed by atoms with Crippen molar-refractivity contribution in [2.75, 3.05) is 0 Å². The highest BCUT2D eigenvalue weighted by Crippen LogP contribution is 2.25. The van der Waals surface area contributed by atoms with Gasteiger partial charge in [0.25, 0.3) is 0 Å². The molecule has 1 unspecified atom stereocenters. The van der Waals surface area contributed by atoms with Crippen molar-refractivity contribution in [1.82, 2.24) is 0 Å². The lowest BCUT2D eigenvalue weighted by atomic mass is 9.85. The fourth-order valence-corrected chi connectivity index (χ4v) is 2.83. The van der Waals surface area contributed by atoms with Gasteiger partial charge in [0.05, 0.1) is 6.07 Å². The van der Waals surface area contributed by atoms with Gasteiger partial charge in [-0.1, -0.05) is 40.5 Å². The summed E-state index contributed by atoms with van der Waals surface area (Å²) in [6.45, 7) is 11.3. The van der Waals surface area contributed by atoms with E-state index in [1.165, 1.54) is 25.7 Å². The zero-order valence-electron chi connectivity index (χ0n) is 11.8. The van der Waals surface area contributed by atoms with Gasteiger partial charge in [0, 0.05) is 5.92 Å². The Morgan fingerprint density at radius 3 is 1.88 bits per heavy atom. The van der Waals surface area contributed by atoms with Gasteiger partial charge in [0.1, 0.15) is 0 Å². The number of hydrogen-bond acceptors (Lipinski definition) is 1. The SMILES string of the molecule is CCCC(C)C[C@H](C)C[C@H](C)C[C@@H](C)C#N. The molecule has 0 aliphatic heterocycles. The monoisotopic (exact) mass is 223 g/mol. The first kappa shape index (κ1) is 15.5. The van der Waals surface area contributed by atoms with Crippen LogP contribution in [0.5, 0.6) is 0 Å². The molecule has 0 rings (SSSR count). The van der Waals surface area contributed by atoms with E-state index in [0.29, 0.717) is 5.92 Å². The number of rotatable bonds is 8. The van der Waals surface area contributed by atoms with E-state index in [-0.39, 0.29) is 5.92 Å². The van der Waals surface area contributed by atoms with Crippen molar-refractivity contribution in [2.45, 2.75) is 66.7 Å². The lowest BCUT2D eigenvalue weighted by molar-refractivity contribution is 0.313. The van der Waals surface area contributed by atoms with Gasteiger partial charge in [-0.05, 0) is 43.9 Å². The molecular formula is C15H29N. The van der Waals surface area contributed by atoms with Gasteiger partial charge < -0.3 is 0 Å². The molecule has 0 aromatic heterocycles. The van der Waals surface area contributed by atoms with Crippen molar-refractivity contribution in [3.05, 3.63) is 0 Å². The smallest absolute Gasteiger partial charge is 0.0652 e. The van der Waals surface area contributed by atoms with Crippen LogP contribution in [0.15, 0.2) is 0 Å². The van der Waals surface area contributed by atoms with Crippen molar-refractivity contribution in [1.29, 1.82) is 5.26 Å². The highest BCUT2D eigenvalue weighted by molar-refractivity contribution is 4.80. The Morgan fingerprint density at radius 1 is 0.875 bits per heavy atom. The Hall–Kier alpha value is -0.510. The molecule has 0 aliphatic rings. The lowest BCUT2D eigenvalue weighted by Crippen LogP contribution is -2.09. The molecule has 0 fully saturated rings. The average molecular weight is 223 g/mol. The maximum atomic E-state index is 8.78. The molecule has 0 aromatic rings. The molecule has 0 saturated carbocycles. The molecule has 0 N–H and O–H groups in total. The maximum Gasteiger partial charge on any atom is 0.0652 e. The zero-order chi connectivity index (χ0) is 12.6. The molecule has 0 radical (unpaired) electrons. The summed E-state index contributed by atoms with van der Waals surface area (Å²) in [6.07, 6.45) is 6.34. The van der Waals surface area contributed by atoms with Crippen LogP contribution in [-0.4, -0.2) is 0 Å². The second-order valence-electron chi connectivity index (χ2n) is 5.84. The van der Waals surface area contributed by atoms with Crippen LogP contribution in [0, 0.1) is 35.0 Å². The van der Waals surface area contributed by atoms with Gasteiger partial charge in [-0.2, -0.15) is 5.26 Å². The van der Waals surface area contributed by atoms with Crippen LogP contribution in [0.25, 0.3) is 0 Å². The van der Waals surface area contributed by atoms with Crippen molar-refractivity contribution in [2.24, 2.45) is 23.7 Å². The molecule has 0 bridgehead atoms. The average Bonchev–Trinajstić information content (AvgIpc) is 2.16. The van der Waals surface area contributed by atoms with Crippen LogP contribution in [0.4, 0.5) is 0 Å². The summed E-state index contributed by atoms with van der Waals surface area (Å²) in [6, 6.07) is 2.33. The molecule has 1 heteroatoms. The summed E-state index contributed by atoms with van der Waals surface area (Å²) in [5, 5.41) is 8.78. The van der Waals surface area contributed by atoms with E-state index in [1.54, 1.807) is 0 Å². The Labute approximate surface area is 102 Å². The normalized spacial score (nSPS) is 18.5.